The summed E-state index contributed by atoms with van der Waals surface area (Å²) in [7, 11) is -3.49. The highest BCUT2D eigenvalue weighted by Gasteiger charge is 2.26. The summed E-state index contributed by atoms with van der Waals surface area (Å²) in [6, 6.07) is 11.2. The lowest BCUT2D eigenvalue weighted by Gasteiger charge is -2.15. The number of rotatable bonds is 6. The van der Waals surface area contributed by atoms with E-state index < -0.39 is 28.5 Å². The van der Waals surface area contributed by atoms with Crippen molar-refractivity contribution in [1.29, 1.82) is 0 Å². The third-order valence-corrected chi connectivity index (χ3v) is 6.83. The Morgan fingerprint density at radius 2 is 1.66 bits per heavy atom. The van der Waals surface area contributed by atoms with E-state index in [0.29, 0.717) is 24.3 Å². The Morgan fingerprint density at radius 1 is 1.00 bits per heavy atom. The molecule has 7 nitrogen and oxygen atoms in total. The SMILES string of the molecule is Cc1ccc(C(=O)OCC(=O)Nc2ccc(S(=O)(=O)N3CCCC3)cc2)cc1C. The molecule has 0 saturated carbocycles. The van der Waals surface area contributed by atoms with Gasteiger partial charge in [-0.05, 0) is 74.2 Å². The summed E-state index contributed by atoms with van der Waals surface area (Å²) in [5.74, 6) is -1.08. The number of carbonyl (C=O) groups is 2. The molecule has 1 amide bonds. The van der Waals surface area contributed by atoms with Gasteiger partial charge >= 0.3 is 5.97 Å². The minimum absolute atomic E-state index is 0.193. The summed E-state index contributed by atoms with van der Waals surface area (Å²) < 4.78 is 31.5. The van der Waals surface area contributed by atoms with E-state index in [1.807, 2.05) is 19.9 Å². The van der Waals surface area contributed by atoms with Gasteiger partial charge in [-0.25, -0.2) is 13.2 Å². The molecule has 0 unspecified atom stereocenters. The second kappa shape index (κ2) is 8.75. The molecule has 154 valence electrons. The van der Waals surface area contributed by atoms with Crippen LogP contribution < -0.4 is 5.32 Å². The lowest BCUT2D eigenvalue weighted by atomic mass is 10.1. The standard InChI is InChI=1S/C21H24N2O5S/c1-15-5-6-17(13-16(15)2)21(25)28-14-20(24)22-18-7-9-19(10-8-18)29(26,27)23-11-3-4-12-23/h5-10,13H,3-4,11-12,14H2,1-2H3,(H,22,24). The zero-order chi connectivity index (χ0) is 21.0. The zero-order valence-corrected chi connectivity index (χ0v) is 17.3. The van der Waals surface area contributed by atoms with Gasteiger partial charge in [0.05, 0.1) is 10.5 Å². The van der Waals surface area contributed by atoms with Crippen LogP contribution in [0.2, 0.25) is 0 Å². The molecule has 3 rings (SSSR count). The summed E-state index contributed by atoms with van der Waals surface area (Å²) in [6.45, 7) is 4.48. The molecule has 0 atom stereocenters. The van der Waals surface area contributed by atoms with Crippen LogP contribution in [0.25, 0.3) is 0 Å². The molecule has 1 aliphatic heterocycles. The topological polar surface area (TPSA) is 92.8 Å². The molecule has 1 heterocycles. The third kappa shape index (κ3) is 5.02. The lowest BCUT2D eigenvalue weighted by molar-refractivity contribution is -0.119. The first-order valence-corrected chi connectivity index (χ1v) is 10.9. The van der Waals surface area contributed by atoms with Crippen LogP contribution in [0.3, 0.4) is 0 Å². The second-order valence-electron chi connectivity index (χ2n) is 7.06. The number of sulfonamides is 1. The van der Waals surface area contributed by atoms with Crippen molar-refractivity contribution in [3.8, 4) is 0 Å². The summed E-state index contributed by atoms with van der Waals surface area (Å²) >= 11 is 0. The Kier molecular flexibility index (Phi) is 6.34. The maximum absolute atomic E-state index is 12.5. The number of amides is 1. The maximum atomic E-state index is 12.5. The minimum Gasteiger partial charge on any atom is -0.452 e. The summed E-state index contributed by atoms with van der Waals surface area (Å²) in [6.07, 6.45) is 1.74. The highest BCUT2D eigenvalue weighted by Crippen LogP contribution is 2.22. The van der Waals surface area contributed by atoms with Crippen molar-refractivity contribution in [2.75, 3.05) is 25.0 Å². The summed E-state index contributed by atoms with van der Waals surface area (Å²) in [5.41, 5.74) is 2.84. The van der Waals surface area contributed by atoms with Crippen molar-refractivity contribution in [3.05, 3.63) is 59.2 Å². The van der Waals surface area contributed by atoms with Crippen LogP contribution in [0.15, 0.2) is 47.4 Å². The highest BCUT2D eigenvalue weighted by atomic mass is 32.2. The van der Waals surface area contributed by atoms with Gasteiger partial charge in [0.15, 0.2) is 6.61 Å². The largest absolute Gasteiger partial charge is 0.452 e. The lowest BCUT2D eigenvalue weighted by Crippen LogP contribution is -2.27. The smallest absolute Gasteiger partial charge is 0.338 e. The number of hydrogen-bond donors (Lipinski definition) is 1. The van der Waals surface area contributed by atoms with Gasteiger partial charge in [-0.15, -0.1) is 0 Å². The molecule has 2 aromatic rings. The Balaban J connectivity index is 1.55. The van der Waals surface area contributed by atoms with E-state index in [9.17, 15) is 18.0 Å². The average Bonchev–Trinajstić information content (AvgIpc) is 3.24. The van der Waals surface area contributed by atoms with Crippen molar-refractivity contribution in [2.24, 2.45) is 0 Å². The fraction of sp³-hybridized carbons (Fsp3) is 0.333. The Hall–Kier alpha value is -2.71. The van der Waals surface area contributed by atoms with Gasteiger partial charge in [0.1, 0.15) is 0 Å². The first kappa shape index (κ1) is 21.0. The predicted octanol–water partition coefficient (Wildman–Crippen LogP) is 2.88. The molecule has 0 aliphatic carbocycles. The van der Waals surface area contributed by atoms with Crippen LogP contribution in [0.1, 0.15) is 34.3 Å². The van der Waals surface area contributed by atoms with Gasteiger partial charge in [-0.3, -0.25) is 4.79 Å². The van der Waals surface area contributed by atoms with E-state index in [0.717, 1.165) is 24.0 Å². The normalized spacial score (nSPS) is 14.6. The number of aryl methyl sites for hydroxylation is 2. The van der Waals surface area contributed by atoms with Gasteiger partial charge < -0.3 is 10.1 Å². The number of nitrogens with one attached hydrogen (secondary N) is 1. The number of hydrogen-bond acceptors (Lipinski definition) is 5. The van der Waals surface area contributed by atoms with Crippen molar-refractivity contribution in [3.63, 3.8) is 0 Å². The molecule has 0 spiro atoms. The molecule has 8 heteroatoms. The average molecular weight is 416 g/mol. The molecule has 29 heavy (non-hydrogen) atoms. The summed E-state index contributed by atoms with van der Waals surface area (Å²) in [5, 5.41) is 2.59. The van der Waals surface area contributed by atoms with E-state index >= 15 is 0 Å². The van der Waals surface area contributed by atoms with E-state index in [-0.39, 0.29) is 4.90 Å². The van der Waals surface area contributed by atoms with E-state index in [4.69, 9.17) is 4.74 Å². The number of ether oxygens (including phenoxy) is 1. The number of benzene rings is 2. The Morgan fingerprint density at radius 3 is 2.28 bits per heavy atom. The number of carbonyl (C=O) groups excluding carboxylic acids is 2. The molecular formula is C21H24N2O5S. The van der Waals surface area contributed by atoms with Crippen molar-refractivity contribution in [2.45, 2.75) is 31.6 Å². The summed E-state index contributed by atoms with van der Waals surface area (Å²) in [4.78, 5) is 24.3. The first-order valence-electron chi connectivity index (χ1n) is 9.42. The fourth-order valence-corrected chi connectivity index (χ4v) is 4.58. The monoisotopic (exact) mass is 416 g/mol. The van der Waals surface area contributed by atoms with Gasteiger partial charge in [0.2, 0.25) is 10.0 Å². The Bertz CT molecular complexity index is 1010. The van der Waals surface area contributed by atoms with Crippen LogP contribution in [-0.4, -0.2) is 44.3 Å². The van der Waals surface area contributed by atoms with Crippen LogP contribution in [0, 0.1) is 13.8 Å². The van der Waals surface area contributed by atoms with Gasteiger partial charge in [-0.2, -0.15) is 4.31 Å². The number of esters is 1. The van der Waals surface area contributed by atoms with Crippen LogP contribution >= 0.6 is 0 Å². The van der Waals surface area contributed by atoms with Gasteiger partial charge in [0, 0.05) is 18.8 Å². The van der Waals surface area contributed by atoms with Crippen LogP contribution in [-0.2, 0) is 19.6 Å². The molecule has 0 bridgehead atoms. The van der Waals surface area contributed by atoms with E-state index in [2.05, 4.69) is 5.32 Å². The van der Waals surface area contributed by atoms with Crippen LogP contribution in [0.4, 0.5) is 5.69 Å². The molecule has 1 saturated heterocycles. The molecule has 0 aromatic heterocycles. The van der Waals surface area contributed by atoms with E-state index in [1.165, 1.54) is 28.6 Å². The first-order chi connectivity index (χ1) is 13.8. The molecule has 0 radical (unpaired) electrons. The zero-order valence-electron chi connectivity index (χ0n) is 16.5. The fourth-order valence-electron chi connectivity index (χ4n) is 3.07. The quantitative estimate of drug-likeness (QED) is 0.731. The number of nitrogens with zero attached hydrogens (tertiary/aromatic N) is 1. The second-order valence-corrected chi connectivity index (χ2v) is 9.00. The molecular weight excluding hydrogens is 392 g/mol. The Labute approximate surface area is 170 Å². The predicted molar refractivity (Wildman–Crippen MR) is 109 cm³/mol. The minimum atomic E-state index is -3.49. The van der Waals surface area contributed by atoms with Gasteiger partial charge in [0.25, 0.3) is 5.91 Å². The van der Waals surface area contributed by atoms with E-state index in [1.54, 1.807) is 12.1 Å². The van der Waals surface area contributed by atoms with Crippen molar-refractivity contribution in [1.82, 2.24) is 4.31 Å². The highest BCUT2D eigenvalue weighted by molar-refractivity contribution is 7.89. The van der Waals surface area contributed by atoms with Crippen molar-refractivity contribution < 1.29 is 22.7 Å². The van der Waals surface area contributed by atoms with Gasteiger partial charge in [-0.1, -0.05) is 6.07 Å². The van der Waals surface area contributed by atoms with Crippen LogP contribution in [0.5, 0.6) is 0 Å². The third-order valence-electron chi connectivity index (χ3n) is 4.92. The van der Waals surface area contributed by atoms with Crippen molar-refractivity contribution >= 4 is 27.6 Å². The number of anilines is 1. The molecule has 1 aliphatic rings. The molecule has 1 N–H and O–H groups in total. The maximum Gasteiger partial charge on any atom is 0.338 e. The molecule has 2 aromatic carbocycles. The molecule has 1 fully saturated rings.